The van der Waals surface area contributed by atoms with Gasteiger partial charge in [-0.3, -0.25) is 24.5 Å². The third kappa shape index (κ3) is 4.23. The highest BCUT2D eigenvalue weighted by atomic mass is 16.5. The second-order valence-corrected chi connectivity index (χ2v) is 7.69. The van der Waals surface area contributed by atoms with Gasteiger partial charge in [-0.05, 0) is 61.9 Å². The maximum absolute atomic E-state index is 13.2. The molecular formula is C25H21N3O5. The highest BCUT2D eigenvalue weighted by Gasteiger charge is 2.47. The zero-order valence-corrected chi connectivity index (χ0v) is 18.0. The predicted octanol–water partition coefficient (Wildman–Crippen LogP) is 3.67. The summed E-state index contributed by atoms with van der Waals surface area (Å²) in [5.41, 5.74) is 1.44. The van der Waals surface area contributed by atoms with E-state index in [0.29, 0.717) is 16.8 Å². The Labute approximate surface area is 190 Å². The second-order valence-electron chi connectivity index (χ2n) is 7.69. The van der Waals surface area contributed by atoms with E-state index < -0.39 is 23.7 Å². The van der Waals surface area contributed by atoms with Crippen molar-refractivity contribution >= 4 is 29.1 Å². The molecule has 0 saturated carbocycles. The molecule has 8 nitrogen and oxygen atoms in total. The predicted molar refractivity (Wildman–Crippen MR) is 120 cm³/mol. The van der Waals surface area contributed by atoms with Crippen molar-refractivity contribution in [2.24, 2.45) is 0 Å². The average Bonchev–Trinajstić information content (AvgIpc) is 3.10. The molecule has 8 heteroatoms. The number of benzene rings is 1. The summed E-state index contributed by atoms with van der Waals surface area (Å²) in [6.45, 7) is 3.48. The molecule has 0 spiro atoms. The van der Waals surface area contributed by atoms with E-state index in [0.717, 1.165) is 0 Å². The van der Waals surface area contributed by atoms with Crippen molar-refractivity contribution in [3.05, 3.63) is 95.6 Å². The van der Waals surface area contributed by atoms with E-state index in [1.54, 1.807) is 56.3 Å². The van der Waals surface area contributed by atoms with Crippen molar-refractivity contribution in [1.29, 1.82) is 0 Å². The molecule has 3 aromatic rings. The summed E-state index contributed by atoms with van der Waals surface area (Å²) in [7, 11) is 0. The number of aliphatic hydroxyl groups is 1. The molecule has 33 heavy (non-hydrogen) atoms. The summed E-state index contributed by atoms with van der Waals surface area (Å²) < 4.78 is 5.26. The number of ether oxygens (including phenoxy) is 1. The van der Waals surface area contributed by atoms with Crippen molar-refractivity contribution in [3.8, 4) is 0 Å². The lowest BCUT2D eigenvalue weighted by molar-refractivity contribution is -0.132. The van der Waals surface area contributed by atoms with Crippen LogP contribution in [0.5, 0.6) is 0 Å². The van der Waals surface area contributed by atoms with Gasteiger partial charge in [-0.2, -0.15) is 0 Å². The van der Waals surface area contributed by atoms with Gasteiger partial charge in [-0.15, -0.1) is 0 Å². The van der Waals surface area contributed by atoms with Crippen LogP contribution in [0.1, 0.15) is 41.4 Å². The first-order valence-corrected chi connectivity index (χ1v) is 10.3. The van der Waals surface area contributed by atoms with Gasteiger partial charge in [0.2, 0.25) is 0 Å². The number of aliphatic hydroxyl groups excluding tert-OH is 1. The summed E-state index contributed by atoms with van der Waals surface area (Å²) in [6.07, 6.45) is 5.73. The molecule has 3 heterocycles. The van der Waals surface area contributed by atoms with Crippen LogP contribution in [0.15, 0.2) is 78.9 Å². The molecule has 0 radical (unpaired) electrons. The van der Waals surface area contributed by atoms with E-state index in [1.165, 1.54) is 35.8 Å². The number of nitrogens with zero attached hydrogens (tertiary/aromatic N) is 3. The summed E-state index contributed by atoms with van der Waals surface area (Å²) in [6, 6.07) is 11.8. The fourth-order valence-corrected chi connectivity index (χ4v) is 3.69. The number of carbonyl (C=O) groups excluding carboxylic acids is 3. The Hall–Kier alpha value is -4.33. The number of ketones is 1. The molecular weight excluding hydrogens is 422 g/mol. The first-order valence-electron chi connectivity index (χ1n) is 10.3. The number of carbonyl (C=O) groups is 3. The first kappa shape index (κ1) is 21.9. The van der Waals surface area contributed by atoms with Gasteiger partial charge in [-0.25, -0.2) is 4.79 Å². The van der Waals surface area contributed by atoms with Gasteiger partial charge in [0.15, 0.2) is 0 Å². The van der Waals surface area contributed by atoms with Crippen molar-refractivity contribution < 1.29 is 24.2 Å². The summed E-state index contributed by atoms with van der Waals surface area (Å²) >= 11 is 0. The molecule has 2 aromatic heterocycles. The van der Waals surface area contributed by atoms with Crippen molar-refractivity contribution in [3.63, 3.8) is 0 Å². The van der Waals surface area contributed by atoms with Crippen LogP contribution in [0.3, 0.4) is 0 Å². The Morgan fingerprint density at radius 2 is 1.61 bits per heavy atom. The minimum atomic E-state index is -0.919. The lowest BCUT2D eigenvalue weighted by Gasteiger charge is -2.25. The number of hydrogen-bond acceptors (Lipinski definition) is 7. The summed E-state index contributed by atoms with van der Waals surface area (Å²) in [5, 5.41) is 11.0. The minimum Gasteiger partial charge on any atom is -0.507 e. The van der Waals surface area contributed by atoms with Crippen molar-refractivity contribution in [2.45, 2.75) is 26.0 Å². The number of pyridine rings is 2. The fourth-order valence-electron chi connectivity index (χ4n) is 3.69. The van der Waals surface area contributed by atoms with Gasteiger partial charge < -0.3 is 9.84 Å². The van der Waals surface area contributed by atoms with Crippen LogP contribution in [0.25, 0.3) is 5.76 Å². The maximum Gasteiger partial charge on any atom is 0.338 e. The fraction of sp³-hybridized carbons (Fsp3) is 0.160. The summed E-state index contributed by atoms with van der Waals surface area (Å²) in [5.74, 6) is -2.50. The van der Waals surface area contributed by atoms with Crippen molar-refractivity contribution in [1.82, 2.24) is 9.97 Å². The van der Waals surface area contributed by atoms with Crippen LogP contribution in [-0.4, -0.2) is 38.8 Å². The Kier molecular flexibility index (Phi) is 5.99. The standard InChI is InChI=1S/C25H21N3O5/c1-15(2)33-25(32)18-4-3-5-19(14-18)28-21(16-6-10-26-11-7-16)20(23(30)24(28)31)22(29)17-8-12-27-13-9-17/h3-15,21,29H,1-2H3/b22-20+. The first-order chi connectivity index (χ1) is 15.9. The van der Waals surface area contributed by atoms with Crippen LogP contribution < -0.4 is 4.90 Å². The third-order valence-corrected chi connectivity index (χ3v) is 5.12. The molecule has 1 unspecified atom stereocenters. The second kappa shape index (κ2) is 9.04. The minimum absolute atomic E-state index is 0.0624. The van der Waals surface area contributed by atoms with E-state index in [9.17, 15) is 19.5 Å². The Bertz CT molecular complexity index is 1240. The quantitative estimate of drug-likeness (QED) is 0.277. The molecule has 1 amide bonds. The smallest absolute Gasteiger partial charge is 0.338 e. The van der Waals surface area contributed by atoms with Gasteiger partial charge in [0, 0.05) is 36.0 Å². The molecule has 1 aliphatic rings. The highest BCUT2D eigenvalue weighted by Crippen LogP contribution is 2.42. The SMILES string of the molecule is CC(C)OC(=O)c1cccc(N2C(=O)C(=O)/C(=C(/O)c3ccncc3)C2c2ccncc2)c1. The van der Waals surface area contributed by atoms with Gasteiger partial charge in [0.25, 0.3) is 11.7 Å². The number of Topliss-reactive ketones (excluding diaryl/α,β-unsaturated/α-hetero) is 1. The monoisotopic (exact) mass is 443 g/mol. The van der Waals surface area contributed by atoms with Crippen LogP contribution in [0, 0.1) is 0 Å². The Morgan fingerprint density at radius 1 is 0.970 bits per heavy atom. The summed E-state index contributed by atoms with van der Waals surface area (Å²) in [4.78, 5) is 47.9. The lowest BCUT2D eigenvalue weighted by atomic mass is 9.96. The molecule has 0 aliphatic carbocycles. The number of anilines is 1. The van der Waals surface area contributed by atoms with Crippen LogP contribution >= 0.6 is 0 Å². The van der Waals surface area contributed by atoms with Crippen LogP contribution in [0.2, 0.25) is 0 Å². The normalized spacial score (nSPS) is 17.4. The zero-order valence-electron chi connectivity index (χ0n) is 18.0. The Morgan fingerprint density at radius 3 is 2.24 bits per heavy atom. The highest BCUT2D eigenvalue weighted by molar-refractivity contribution is 6.51. The van der Waals surface area contributed by atoms with Crippen LogP contribution in [-0.2, 0) is 14.3 Å². The topological polar surface area (TPSA) is 110 Å². The van der Waals surface area contributed by atoms with Crippen LogP contribution in [0.4, 0.5) is 5.69 Å². The molecule has 1 aliphatic heterocycles. The third-order valence-electron chi connectivity index (χ3n) is 5.12. The molecule has 1 atom stereocenters. The lowest BCUT2D eigenvalue weighted by Crippen LogP contribution is -2.29. The maximum atomic E-state index is 13.2. The van der Waals surface area contributed by atoms with E-state index in [4.69, 9.17) is 4.74 Å². The number of amides is 1. The van der Waals surface area contributed by atoms with Crippen molar-refractivity contribution in [2.75, 3.05) is 4.90 Å². The largest absolute Gasteiger partial charge is 0.507 e. The number of esters is 1. The van der Waals surface area contributed by atoms with Gasteiger partial charge >= 0.3 is 5.97 Å². The van der Waals surface area contributed by atoms with Gasteiger partial charge in [-0.1, -0.05) is 6.07 Å². The van der Waals surface area contributed by atoms with E-state index in [1.807, 2.05) is 0 Å². The number of rotatable bonds is 5. The zero-order chi connectivity index (χ0) is 23.5. The molecule has 166 valence electrons. The molecule has 4 rings (SSSR count). The molecule has 1 aromatic carbocycles. The number of hydrogen-bond donors (Lipinski definition) is 1. The number of aromatic nitrogens is 2. The molecule has 1 fully saturated rings. The molecule has 1 N–H and O–H groups in total. The van der Waals surface area contributed by atoms with E-state index in [-0.39, 0.29) is 23.0 Å². The Balaban J connectivity index is 1.87. The van der Waals surface area contributed by atoms with E-state index >= 15 is 0 Å². The molecule has 0 bridgehead atoms. The van der Waals surface area contributed by atoms with Gasteiger partial charge in [0.1, 0.15) is 5.76 Å². The molecule has 1 saturated heterocycles. The van der Waals surface area contributed by atoms with E-state index in [2.05, 4.69) is 9.97 Å². The average molecular weight is 443 g/mol. The van der Waals surface area contributed by atoms with Gasteiger partial charge in [0.05, 0.1) is 23.3 Å².